The summed E-state index contributed by atoms with van der Waals surface area (Å²) in [6.07, 6.45) is 2.18. The number of aryl methyl sites for hydroxylation is 2. The highest BCUT2D eigenvalue weighted by Crippen LogP contribution is 2.34. The fourth-order valence-corrected chi connectivity index (χ4v) is 2.44. The molecular formula is C10H14N2O2S. The largest absolute Gasteiger partial charge is 0.480 e. The van der Waals surface area contributed by atoms with Crippen LogP contribution in [0.1, 0.15) is 23.4 Å². The molecule has 0 aliphatic heterocycles. The summed E-state index contributed by atoms with van der Waals surface area (Å²) in [7, 11) is 0. The van der Waals surface area contributed by atoms with Crippen molar-refractivity contribution in [1.29, 1.82) is 0 Å². The van der Waals surface area contributed by atoms with Gasteiger partial charge in [-0.25, -0.2) is 4.98 Å². The number of carbonyl (C=O) groups is 1. The van der Waals surface area contributed by atoms with Crippen LogP contribution in [0.15, 0.2) is 0 Å². The third-order valence-corrected chi connectivity index (χ3v) is 3.67. The SMILES string of the molecule is Cc1nc(N(CC(=O)O)C2CC2)sc1C. The van der Waals surface area contributed by atoms with Gasteiger partial charge in [-0.15, -0.1) is 11.3 Å². The van der Waals surface area contributed by atoms with E-state index in [2.05, 4.69) is 4.98 Å². The number of thiazole rings is 1. The lowest BCUT2D eigenvalue weighted by atomic mass is 10.4. The van der Waals surface area contributed by atoms with Gasteiger partial charge in [0.05, 0.1) is 5.69 Å². The van der Waals surface area contributed by atoms with Gasteiger partial charge in [0.1, 0.15) is 6.54 Å². The Morgan fingerprint density at radius 3 is 2.67 bits per heavy atom. The maximum absolute atomic E-state index is 10.7. The van der Waals surface area contributed by atoms with Gasteiger partial charge in [-0.05, 0) is 26.7 Å². The van der Waals surface area contributed by atoms with E-state index in [0.717, 1.165) is 23.7 Å². The van der Waals surface area contributed by atoms with E-state index in [4.69, 9.17) is 5.11 Å². The Morgan fingerprint density at radius 2 is 2.27 bits per heavy atom. The maximum Gasteiger partial charge on any atom is 0.323 e. The molecule has 0 bridgehead atoms. The van der Waals surface area contributed by atoms with Gasteiger partial charge in [-0.1, -0.05) is 0 Å². The molecular weight excluding hydrogens is 212 g/mol. The third kappa shape index (κ3) is 2.28. The summed E-state index contributed by atoms with van der Waals surface area (Å²) in [6, 6.07) is 0.394. The van der Waals surface area contributed by atoms with Crippen molar-refractivity contribution >= 4 is 22.4 Å². The number of aromatic nitrogens is 1. The van der Waals surface area contributed by atoms with E-state index in [1.807, 2.05) is 18.7 Å². The van der Waals surface area contributed by atoms with E-state index < -0.39 is 5.97 Å². The zero-order chi connectivity index (χ0) is 11.0. The lowest BCUT2D eigenvalue weighted by Crippen LogP contribution is -2.31. The molecule has 1 aromatic heterocycles. The molecule has 0 aromatic carbocycles. The van der Waals surface area contributed by atoms with E-state index in [0.29, 0.717) is 6.04 Å². The average molecular weight is 226 g/mol. The predicted molar refractivity (Wildman–Crippen MR) is 59.6 cm³/mol. The lowest BCUT2D eigenvalue weighted by Gasteiger charge is -2.18. The van der Waals surface area contributed by atoms with E-state index in [9.17, 15) is 4.79 Å². The Labute approximate surface area is 92.6 Å². The molecule has 2 rings (SSSR count). The number of carboxylic acids is 1. The molecule has 0 radical (unpaired) electrons. The minimum absolute atomic E-state index is 0.0665. The van der Waals surface area contributed by atoms with Crippen LogP contribution in [0.5, 0.6) is 0 Å². The Bertz CT molecular complexity index is 365. The second kappa shape index (κ2) is 3.81. The number of aliphatic carboxylic acids is 1. The molecule has 0 atom stereocenters. The molecule has 1 saturated carbocycles. The number of rotatable bonds is 4. The monoisotopic (exact) mass is 226 g/mol. The average Bonchev–Trinajstić information content (AvgIpc) is 2.91. The standard InChI is InChI=1S/C10H14N2O2S/c1-6-7(2)15-10(11-6)12(5-9(13)14)8-3-4-8/h8H,3-5H2,1-2H3,(H,13,14). The number of hydrogen-bond acceptors (Lipinski definition) is 4. The first kappa shape index (κ1) is 10.4. The van der Waals surface area contributed by atoms with Crippen molar-refractivity contribution in [1.82, 2.24) is 4.98 Å². The summed E-state index contributed by atoms with van der Waals surface area (Å²) in [4.78, 5) is 18.2. The van der Waals surface area contributed by atoms with E-state index in [1.54, 1.807) is 11.3 Å². The van der Waals surface area contributed by atoms with Crippen molar-refractivity contribution in [3.63, 3.8) is 0 Å². The molecule has 1 aliphatic rings. The van der Waals surface area contributed by atoms with E-state index >= 15 is 0 Å². The quantitative estimate of drug-likeness (QED) is 0.850. The Kier molecular flexibility index (Phi) is 2.65. The highest BCUT2D eigenvalue weighted by Gasteiger charge is 2.32. The topological polar surface area (TPSA) is 53.4 Å². The van der Waals surface area contributed by atoms with E-state index in [1.165, 1.54) is 4.88 Å². The molecule has 1 N–H and O–H groups in total. The highest BCUT2D eigenvalue weighted by atomic mass is 32.1. The highest BCUT2D eigenvalue weighted by molar-refractivity contribution is 7.15. The molecule has 1 aliphatic carbocycles. The molecule has 0 spiro atoms. The van der Waals surface area contributed by atoms with Crippen LogP contribution in [0.4, 0.5) is 5.13 Å². The van der Waals surface area contributed by atoms with Gasteiger partial charge < -0.3 is 10.0 Å². The van der Waals surface area contributed by atoms with Crippen LogP contribution in [0.2, 0.25) is 0 Å². The molecule has 1 heterocycles. The fourth-order valence-electron chi connectivity index (χ4n) is 1.46. The zero-order valence-corrected chi connectivity index (χ0v) is 9.67. The Balaban J connectivity index is 2.19. The predicted octanol–water partition coefficient (Wildman–Crippen LogP) is 1.81. The third-order valence-electron chi connectivity index (χ3n) is 2.56. The molecule has 5 heteroatoms. The molecule has 1 aromatic rings. The molecule has 0 saturated heterocycles. The molecule has 0 amide bonds. The van der Waals surface area contributed by atoms with Gasteiger partial charge in [0.2, 0.25) is 0 Å². The first-order valence-electron chi connectivity index (χ1n) is 5.00. The van der Waals surface area contributed by atoms with Crippen molar-refractivity contribution in [3.8, 4) is 0 Å². The van der Waals surface area contributed by atoms with Gasteiger partial charge in [0.15, 0.2) is 5.13 Å². The van der Waals surface area contributed by atoms with Crippen LogP contribution < -0.4 is 4.90 Å². The Hall–Kier alpha value is -1.10. The normalized spacial score (nSPS) is 15.3. The van der Waals surface area contributed by atoms with Gasteiger partial charge in [-0.2, -0.15) is 0 Å². The fraction of sp³-hybridized carbons (Fsp3) is 0.600. The van der Waals surface area contributed by atoms with Crippen LogP contribution in [0.25, 0.3) is 0 Å². The second-order valence-electron chi connectivity index (χ2n) is 3.89. The van der Waals surface area contributed by atoms with Gasteiger partial charge in [-0.3, -0.25) is 4.79 Å². The second-order valence-corrected chi connectivity index (χ2v) is 5.07. The van der Waals surface area contributed by atoms with Crippen LogP contribution in [-0.4, -0.2) is 28.6 Å². The summed E-state index contributed by atoms with van der Waals surface area (Å²) in [5, 5.41) is 9.69. The number of hydrogen-bond donors (Lipinski definition) is 1. The van der Waals surface area contributed by atoms with Crippen molar-refractivity contribution in [2.24, 2.45) is 0 Å². The summed E-state index contributed by atoms with van der Waals surface area (Å²) >= 11 is 1.58. The van der Waals surface area contributed by atoms with Crippen molar-refractivity contribution < 1.29 is 9.90 Å². The van der Waals surface area contributed by atoms with Crippen LogP contribution >= 0.6 is 11.3 Å². The number of nitrogens with zero attached hydrogens (tertiary/aromatic N) is 2. The minimum Gasteiger partial charge on any atom is -0.480 e. The van der Waals surface area contributed by atoms with Crippen molar-refractivity contribution in [2.75, 3.05) is 11.4 Å². The molecule has 1 fully saturated rings. The summed E-state index contributed by atoms with van der Waals surface area (Å²) in [5.41, 5.74) is 1.01. The maximum atomic E-state index is 10.7. The number of anilines is 1. The van der Waals surface area contributed by atoms with Crippen molar-refractivity contribution in [2.45, 2.75) is 32.7 Å². The first-order valence-corrected chi connectivity index (χ1v) is 5.82. The first-order chi connectivity index (χ1) is 7.08. The molecule has 0 unspecified atom stereocenters. The summed E-state index contributed by atoms with van der Waals surface area (Å²) in [5.74, 6) is -0.785. The number of carboxylic acid groups (broad SMARTS) is 1. The molecule has 82 valence electrons. The van der Waals surface area contributed by atoms with Crippen LogP contribution in [0.3, 0.4) is 0 Å². The molecule has 4 nitrogen and oxygen atoms in total. The Morgan fingerprint density at radius 1 is 1.60 bits per heavy atom. The van der Waals surface area contributed by atoms with Gasteiger partial charge in [0.25, 0.3) is 0 Å². The minimum atomic E-state index is -0.785. The smallest absolute Gasteiger partial charge is 0.323 e. The van der Waals surface area contributed by atoms with Gasteiger partial charge >= 0.3 is 5.97 Å². The summed E-state index contributed by atoms with van der Waals surface area (Å²) < 4.78 is 0. The summed E-state index contributed by atoms with van der Waals surface area (Å²) in [6.45, 7) is 4.04. The zero-order valence-electron chi connectivity index (χ0n) is 8.86. The lowest BCUT2D eigenvalue weighted by molar-refractivity contribution is -0.135. The van der Waals surface area contributed by atoms with Gasteiger partial charge in [0, 0.05) is 10.9 Å². The van der Waals surface area contributed by atoms with E-state index in [-0.39, 0.29) is 6.54 Å². The van der Waals surface area contributed by atoms with Crippen LogP contribution in [-0.2, 0) is 4.79 Å². The molecule has 15 heavy (non-hydrogen) atoms. The van der Waals surface area contributed by atoms with Crippen LogP contribution in [0, 0.1) is 13.8 Å². The van der Waals surface area contributed by atoms with Crippen molar-refractivity contribution in [3.05, 3.63) is 10.6 Å².